The minimum atomic E-state index is -0.227. The number of carbonyl (C=O) groups excluding carboxylic acids is 2. The van der Waals surface area contributed by atoms with Crippen LogP contribution in [0.25, 0.3) is 11.1 Å². The summed E-state index contributed by atoms with van der Waals surface area (Å²) in [5, 5.41) is 12.8. The zero-order valence-corrected chi connectivity index (χ0v) is 16.0. The van der Waals surface area contributed by atoms with Gasteiger partial charge in [-0.15, -0.1) is 0 Å². The third-order valence-corrected chi connectivity index (χ3v) is 5.87. The van der Waals surface area contributed by atoms with E-state index in [4.69, 9.17) is 0 Å². The summed E-state index contributed by atoms with van der Waals surface area (Å²) in [5.41, 5.74) is 3.38. The highest BCUT2D eigenvalue weighted by atomic mass is 16.3. The number of benzene rings is 2. The number of hydrogen-bond acceptors (Lipinski definition) is 3. The Balaban J connectivity index is 1.58. The highest BCUT2D eigenvalue weighted by Crippen LogP contribution is 2.44. The number of hydrogen-bond donors (Lipinski definition) is 2. The fourth-order valence-electron chi connectivity index (χ4n) is 4.26. The van der Waals surface area contributed by atoms with Crippen molar-refractivity contribution in [2.45, 2.75) is 37.8 Å². The summed E-state index contributed by atoms with van der Waals surface area (Å²) in [6.45, 7) is 1.83. The molecule has 1 saturated carbocycles. The van der Waals surface area contributed by atoms with Crippen LogP contribution in [0.5, 0.6) is 0 Å². The van der Waals surface area contributed by atoms with Crippen molar-refractivity contribution >= 4 is 11.8 Å². The standard InChI is InChI=1S/C23H26N2O3/c1-15(27)24-13-20-22(21(14-26)25(20)23(28)19-11-12-19)18-9-7-17(8-10-18)16-5-3-2-4-6-16/h2-10,19-22,26H,11-14H2,1H3,(H,24,27)/t20-,21+,22-/m1/s1. The van der Waals surface area contributed by atoms with E-state index in [1.165, 1.54) is 6.92 Å². The molecule has 2 aromatic carbocycles. The van der Waals surface area contributed by atoms with Gasteiger partial charge in [-0.2, -0.15) is 0 Å². The minimum absolute atomic E-state index is 0.0179. The summed E-state index contributed by atoms with van der Waals surface area (Å²) < 4.78 is 0. The van der Waals surface area contributed by atoms with Crippen LogP contribution in [-0.4, -0.2) is 47.1 Å². The Bertz CT molecular complexity index is 846. The zero-order valence-electron chi connectivity index (χ0n) is 16.0. The van der Waals surface area contributed by atoms with Crippen molar-refractivity contribution in [2.75, 3.05) is 13.2 Å². The van der Waals surface area contributed by atoms with Crippen molar-refractivity contribution in [2.24, 2.45) is 5.92 Å². The van der Waals surface area contributed by atoms with E-state index in [1.54, 1.807) is 0 Å². The van der Waals surface area contributed by atoms with Crippen LogP contribution in [-0.2, 0) is 9.59 Å². The van der Waals surface area contributed by atoms with Crippen LogP contribution in [0.1, 0.15) is 31.2 Å². The van der Waals surface area contributed by atoms with E-state index in [1.807, 2.05) is 23.1 Å². The summed E-state index contributed by atoms with van der Waals surface area (Å²) >= 11 is 0. The van der Waals surface area contributed by atoms with E-state index < -0.39 is 0 Å². The first kappa shape index (κ1) is 18.7. The lowest BCUT2D eigenvalue weighted by Crippen LogP contribution is -2.68. The summed E-state index contributed by atoms with van der Waals surface area (Å²) in [6.07, 6.45) is 1.85. The monoisotopic (exact) mass is 378 g/mol. The molecule has 0 radical (unpaired) electrons. The molecule has 2 aliphatic rings. The summed E-state index contributed by atoms with van der Waals surface area (Å²) in [7, 11) is 0. The molecule has 2 aromatic rings. The third kappa shape index (κ3) is 3.54. The van der Waals surface area contributed by atoms with Crippen molar-refractivity contribution in [3.05, 3.63) is 60.2 Å². The van der Waals surface area contributed by atoms with Crippen molar-refractivity contribution < 1.29 is 14.7 Å². The highest BCUT2D eigenvalue weighted by Gasteiger charge is 2.53. The van der Waals surface area contributed by atoms with Crippen LogP contribution in [0.2, 0.25) is 0 Å². The molecular weight excluding hydrogens is 352 g/mol. The van der Waals surface area contributed by atoms with Crippen LogP contribution in [0.15, 0.2) is 54.6 Å². The highest BCUT2D eigenvalue weighted by molar-refractivity contribution is 5.83. The molecule has 0 spiro atoms. The molecule has 5 nitrogen and oxygen atoms in total. The van der Waals surface area contributed by atoms with Crippen molar-refractivity contribution in [1.29, 1.82) is 0 Å². The molecule has 28 heavy (non-hydrogen) atoms. The Morgan fingerprint density at radius 1 is 1.00 bits per heavy atom. The van der Waals surface area contributed by atoms with Crippen molar-refractivity contribution in [1.82, 2.24) is 10.2 Å². The average Bonchev–Trinajstić information content (AvgIpc) is 3.54. The van der Waals surface area contributed by atoms with Gasteiger partial charge in [0.1, 0.15) is 0 Å². The molecule has 5 heteroatoms. The second kappa shape index (κ2) is 7.76. The van der Waals surface area contributed by atoms with Gasteiger partial charge in [0.25, 0.3) is 0 Å². The van der Waals surface area contributed by atoms with Gasteiger partial charge in [0.15, 0.2) is 0 Å². The van der Waals surface area contributed by atoms with E-state index in [0.29, 0.717) is 6.54 Å². The van der Waals surface area contributed by atoms with E-state index >= 15 is 0 Å². The first-order chi connectivity index (χ1) is 13.6. The number of amides is 2. The molecular formula is C23H26N2O3. The van der Waals surface area contributed by atoms with E-state index in [-0.39, 0.29) is 42.3 Å². The minimum Gasteiger partial charge on any atom is -0.394 e. The van der Waals surface area contributed by atoms with Crippen molar-refractivity contribution in [3.63, 3.8) is 0 Å². The quantitative estimate of drug-likeness (QED) is 0.812. The van der Waals surface area contributed by atoms with Crippen LogP contribution in [0.4, 0.5) is 0 Å². The lowest BCUT2D eigenvalue weighted by molar-refractivity contribution is -0.152. The Labute approximate surface area is 165 Å². The number of likely N-dealkylation sites (tertiary alicyclic amines) is 1. The Kier molecular flexibility index (Phi) is 5.18. The molecule has 0 bridgehead atoms. The van der Waals surface area contributed by atoms with E-state index in [9.17, 15) is 14.7 Å². The maximum absolute atomic E-state index is 12.7. The maximum Gasteiger partial charge on any atom is 0.226 e. The van der Waals surface area contributed by atoms with Gasteiger partial charge in [-0.3, -0.25) is 9.59 Å². The number of nitrogens with one attached hydrogen (secondary N) is 1. The van der Waals surface area contributed by atoms with Gasteiger partial charge < -0.3 is 15.3 Å². The molecule has 0 aromatic heterocycles. The number of rotatable bonds is 6. The summed E-state index contributed by atoms with van der Waals surface area (Å²) in [5.74, 6) is 0.121. The number of aliphatic hydroxyl groups excluding tert-OH is 1. The maximum atomic E-state index is 12.7. The van der Waals surface area contributed by atoms with E-state index in [0.717, 1.165) is 29.5 Å². The molecule has 0 unspecified atom stereocenters. The number of nitrogens with zero attached hydrogens (tertiary/aromatic N) is 1. The molecule has 1 saturated heterocycles. The van der Waals surface area contributed by atoms with Crippen molar-refractivity contribution in [3.8, 4) is 11.1 Å². The Hall–Kier alpha value is -2.66. The second-order valence-electron chi connectivity index (χ2n) is 7.79. The summed E-state index contributed by atoms with van der Waals surface area (Å²) in [6, 6.07) is 18.2. The van der Waals surface area contributed by atoms with Crippen LogP contribution in [0, 0.1) is 5.92 Å². The molecule has 146 valence electrons. The Morgan fingerprint density at radius 2 is 1.64 bits per heavy atom. The smallest absolute Gasteiger partial charge is 0.226 e. The lowest BCUT2D eigenvalue weighted by atomic mass is 9.74. The lowest BCUT2D eigenvalue weighted by Gasteiger charge is -2.55. The third-order valence-electron chi connectivity index (χ3n) is 5.87. The van der Waals surface area contributed by atoms with Gasteiger partial charge in [0.2, 0.25) is 11.8 Å². The normalized spacial score (nSPS) is 23.8. The fourth-order valence-corrected chi connectivity index (χ4v) is 4.26. The van der Waals surface area contributed by atoms with Gasteiger partial charge in [-0.25, -0.2) is 0 Å². The van der Waals surface area contributed by atoms with Crippen LogP contribution in [0.3, 0.4) is 0 Å². The van der Waals surface area contributed by atoms with E-state index in [2.05, 4.69) is 41.7 Å². The van der Waals surface area contributed by atoms with Gasteiger partial charge in [0, 0.05) is 25.3 Å². The van der Waals surface area contributed by atoms with Gasteiger partial charge in [-0.05, 0) is 29.5 Å². The average molecular weight is 378 g/mol. The fraction of sp³-hybridized carbons (Fsp3) is 0.391. The second-order valence-corrected chi connectivity index (χ2v) is 7.79. The van der Waals surface area contributed by atoms with Crippen LogP contribution >= 0.6 is 0 Å². The molecule has 2 amide bonds. The molecule has 1 aliphatic heterocycles. The first-order valence-electron chi connectivity index (χ1n) is 9.93. The van der Waals surface area contributed by atoms with Gasteiger partial charge >= 0.3 is 0 Å². The molecule has 1 aliphatic carbocycles. The van der Waals surface area contributed by atoms with Crippen LogP contribution < -0.4 is 5.32 Å². The van der Waals surface area contributed by atoms with Gasteiger partial charge in [0.05, 0.1) is 18.7 Å². The zero-order chi connectivity index (χ0) is 19.7. The molecule has 2 N–H and O–H groups in total. The molecule has 1 heterocycles. The predicted octanol–water partition coefficient (Wildman–Crippen LogP) is 2.56. The predicted molar refractivity (Wildman–Crippen MR) is 108 cm³/mol. The Morgan fingerprint density at radius 3 is 2.21 bits per heavy atom. The molecule has 4 rings (SSSR count). The largest absolute Gasteiger partial charge is 0.394 e. The molecule has 2 fully saturated rings. The SMILES string of the molecule is CC(=O)NC[C@@H]1[C@@H](c2ccc(-c3ccccc3)cc2)[C@H](CO)N1C(=O)C1CC1. The topological polar surface area (TPSA) is 69.6 Å². The number of aliphatic hydroxyl groups is 1. The van der Waals surface area contributed by atoms with Gasteiger partial charge in [-0.1, -0.05) is 54.6 Å². The summed E-state index contributed by atoms with van der Waals surface area (Å²) in [4.78, 5) is 26.0. The first-order valence-corrected chi connectivity index (χ1v) is 9.93. The molecule has 3 atom stereocenters. The number of carbonyl (C=O) groups is 2.